The second kappa shape index (κ2) is 5.44. The molecular formula is C13H11F2NO2. The first-order chi connectivity index (χ1) is 8.66. The Kier molecular flexibility index (Phi) is 3.72. The lowest BCUT2D eigenvalue weighted by atomic mass is 10.3. The van der Waals surface area contributed by atoms with Gasteiger partial charge in [0.2, 0.25) is 0 Å². The van der Waals surface area contributed by atoms with E-state index in [0.717, 1.165) is 18.3 Å². The highest BCUT2D eigenvalue weighted by Crippen LogP contribution is 2.14. The maximum atomic E-state index is 13.2. The van der Waals surface area contributed by atoms with Crippen LogP contribution < -0.4 is 10.3 Å². The van der Waals surface area contributed by atoms with Crippen LogP contribution in [0.4, 0.5) is 8.78 Å². The minimum absolute atomic E-state index is 0.0876. The van der Waals surface area contributed by atoms with E-state index < -0.39 is 11.6 Å². The first-order valence-corrected chi connectivity index (χ1v) is 5.40. The van der Waals surface area contributed by atoms with Gasteiger partial charge in [0.15, 0.2) is 11.6 Å². The van der Waals surface area contributed by atoms with E-state index in [0.29, 0.717) is 0 Å². The Morgan fingerprint density at radius 2 is 1.89 bits per heavy atom. The minimum atomic E-state index is -0.500. The Morgan fingerprint density at radius 3 is 2.67 bits per heavy atom. The average Bonchev–Trinajstić information content (AvgIpc) is 2.36. The van der Waals surface area contributed by atoms with Crippen LogP contribution in [0, 0.1) is 11.6 Å². The predicted octanol–water partition coefficient (Wildman–Crippen LogP) is 2.21. The number of benzene rings is 1. The van der Waals surface area contributed by atoms with Crippen molar-refractivity contribution in [3.8, 4) is 5.75 Å². The summed E-state index contributed by atoms with van der Waals surface area (Å²) in [5, 5.41) is 0. The molecule has 0 spiro atoms. The highest BCUT2D eigenvalue weighted by Gasteiger charge is 2.02. The average molecular weight is 251 g/mol. The summed E-state index contributed by atoms with van der Waals surface area (Å²) < 4.78 is 32.5. The lowest BCUT2D eigenvalue weighted by Crippen LogP contribution is -2.22. The zero-order chi connectivity index (χ0) is 13.0. The third-order valence-corrected chi connectivity index (χ3v) is 2.37. The normalized spacial score (nSPS) is 10.3. The second-order valence-electron chi connectivity index (χ2n) is 3.66. The number of rotatable bonds is 4. The van der Waals surface area contributed by atoms with Gasteiger partial charge in [-0.2, -0.15) is 0 Å². The quantitative estimate of drug-likeness (QED) is 0.834. The highest BCUT2D eigenvalue weighted by molar-refractivity contribution is 5.23. The number of aromatic nitrogens is 1. The van der Waals surface area contributed by atoms with Crippen LogP contribution in [0.25, 0.3) is 0 Å². The largest absolute Gasteiger partial charge is 0.489 e. The minimum Gasteiger partial charge on any atom is -0.489 e. The molecule has 0 amide bonds. The third-order valence-electron chi connectivity index (χ3n) is 2.37. The van der Waals surface area contributed by atoms with Gasteiger partial charge in [-0.3, -0.25) is 4.79 Å². The van der Waals surface area contributed by atoms with Crippen molar-refractivity contribution in [2.24, 2.45) is 0 Å². The van der Waals surface area contributed by atoms with Crippen molar-refractivity contribution in [1.29, 1.82) is 0 Å². The molecule has 0 unspecified atom stereocenters. The molecule has 0 bridgehead atoms. The van der Waals surface area contributed by atoms with E-state index in [4.69, 9.17) is 4.74 Å². The predicted molar refractivity (Wildman–Crippen MR) is 62.6 cm³/mol. The first kappa shape index (κ1) is 12.3. The smallest absolute Gasteiger partial charge is 0.250 e. The molecule has 0 saturated heterocycles. The van der Waals surface area contributed by atoms with Gasteiger partial charge in [-0.1, -0.05) is 12.1 Å². The number of halogens is 2. The Morgan fingerprint density at radius 1 is 1.11 bits per heavy atom. The van der Waals surface area contributed by atoms with Crippen LogP contribution in [0.3, 0.4) is 0 Å². The van der Waals surface area contributed by atoms with Crippen LogP contribution in [-0.2, 0) is 6.54 Å². The van der Waals surface area contributed by atoms with Gasteiger partial charge in [0.25, 0.3) is 5.56 Å². The fraction of sp³-hybridized carbons (Fsp3) is 0.154. The fourth-order valence-corrected chi connectivity index (χ4v) is 1.49. The molecule has 0 N–H and O–H groups in total. The fourth-order valence-electron chi connectivity index (χ4n) is 1.49. The van der Waals surface area contributed by atoms with Gasteiger partial charge >= 0.3 is 0 Å². The lowest BCUT2D eigenvalue weighted by Gasteiger charge is -2.08. The maximum Gasteiger partial charge on any atom is 0.250 e. The summed E-state index contributed by atoms with van der Waals surface area (Å²) in [4.78, 5) is 11.3. The second-order valence-corrected chi connectivity index (χ2v) is 3.66. The maximum absolute atomic E-state index is 13.2. The van der Waals surface area contributed by atoms with Gasteiger partial charge in [-0.15, -0.1) is 0 Å². The summed E-state index contributed by atoms with van der Waals surface area (Å²) in [6, 6.07) is 8.20. The van der Waals surface area contributed by atoms with Crippen molar-refractivity contribution in [2.75, 3.05) is 6.61 Å². The summed E-state index contributed by atoms with van der Waals surface area (Å²) in [6.07, 6.45) is 1.09. The van der Waals surface area contributed by atoms with Gasteiger partial charge in [0.1, 0.15) is 12.4 Å². The molecule has 0 aliphatic carbocycles. The molecule has 0 radical (unpaired) electrons. The van der Waals surface area contributed by atoms with Crippen LogP contribution in [0.5, 0.6) is 5.75 Å². The standard InChI is InChI=1S/C13H11F2NO2/c14-10-5-6-13(17)16(9-10)7-8-18-12-4-2-1-3-11(12)15/h1-6,9H,7-8H2. The molecule has 0 fully saturated rings. The van der Waals surface area contributed by atoms with E-state index in [1.165, 1.54) is 16.7 Å². The van der Waals surface area contributed by atoms with Crippen LogP contribution >= 0.6 is 0 Å². The van der Waals surface area contributed by atoms with Crippen molar-refractivity contribution in [1.82, 2.24) is 4.57 Å². The Hall–Kier alpha value is -2.17. The Balaban J connectivity index is 1.99. The van der Waals surface area contributed by atoms with Crippen LogP contribution in [0.2, 0.25) is 0 Å². The third kappa shape index (κ3) is 2.94. The molecule has 0 atom stereocenters. The van der Waals surface area contributed by atoms with E-state index in [2.05, 4.69) is 0 Å². The molecule has 5 heteroatoms. The van der Waals surface area contributed by atoms with Crippen molar-refractivity contribution in [2.45, 2.75) is 6.54 Å². The number of hydrogen-bond donors (Lipinski definition) is 0. The molecule has 1 aromatic heterocycles. The number of para-hydroxylation sites is 1. The van der Waals surface area contributed by atoms with Gasteiger partial charge in [0.05, 0.1) is 6.54 Å². The SMILES string of the molecule is O=c1ccc(F)cn1CCOc1ccccc1F. The summed E-state index contributed by atoms with van der Waals surface area (Å²) >= 11 is 0. The van der Waals surface area contributed by atoms with Crippen molar-refractivity contribution < 1.29 is 13.5 Å². The van der Waals surface area contributed by atoms with Gasteiger partial charge < -0.3 is 9.30 Å². The van der Waals surface area contributed by atoms with Crippen LogP contribution in [0.1, 0.15) is 0 Å². The molecule has 2 aromatic rings. The molecule has 0 aliphatic heterocycles. The molecule has 1 heterocycles. The monoisotopic (exact) mass is 251 g/mol. The summed E-state index contributed by atoms with van der Waals surface area (Å²) in [5.41, 5.74) is -0.325. The molecular weight excluding hydrogens is 240 g/mol. The van der Waals surface area contributed by atoms with E-state index in [1.54, 1.807) is 12.1 Å². The van der Waals surface area contributed by atoms with Crippen molar-refractivity contribution in [3.05, 3.63) is 64.6 Å². The topological polar surface area (TPSA) is 31.2 Å². The molecule has 2 rings (SSSR count). The van der Waals surface area contributed by atoms with E-state index in [9.17, 15) is 13.6 Å². The first-order valence-electron chi connectivity index (χ1n) is 5.40. The van der Waals surface area contributed by atoms with Gasteiger partial charge in [-0.25, -0.2) is 8.78 Å². The van der Waals surface area contributed by atoms with Crippen LogP contribution in [0.15, 0.2) is 47.4 Å². The molecule has 1 aromatic carbocycles. The Labute approximate surface area is 102 Å². The van der Waals surface area contributed by atoms with E-state index in [-0.39, 0.29) is 24.5 Å². The Bertz CT molecular complexity index is 596. The van der Waals surface area contributed by atoms with Gasteiger partial charge in [-0.05, 0) is 18.2 Å². The number of ether oxygens (including phenoxy) is 1. The zero-order valence-corrected chi connectivity index (χ0v) is 9.48. The number of nitrogens with zero attached hydrogens (tertiary/aromatic N) is 1. The number of hydrogen-bond acceptors (Lipinski definition) is 2. The summed E-state index contributed by atoms with van der Waals surface area (Å²) in [6.45, 7) is 0.245. The molecule has 0 saturated carbocycles. The number of pyridine rings is 1. The van der Waals surface area contributed by atoms with Crippen molar-refractivity contribution in [3.63, 3.8) is 0 Å². The molecule has 94 valence electrons. The zero-order valence-electron chi connectivity index (χ0n) is 9.48. The van der Waals surface area contributed by atoms with Crippen LogP contribution in [-0.4, -0.2) is 11.2 Å². The molecule has 3 nitrogen and oxygen atoms in total. The van der Waals surface area contributed by atoms with Gasteiger partial charge in [0, 0.05) is 12.3 Å². The lowest BCUT2D eigenvalue weighted by molar-refractivity contribution is 0.282. The van der Waals surface area contributed by atoms with E-state index in [1.807, 2.05) is 0 Å². The summed E-state index contributed by atoms with van der Waals surface area (Å²) in [5.74, 6) is -0.855. The van der Waals surface area contributed by atoms with Crippen molar-refractivity contribution >= 4 is 0 Å². The molecule has 18 heavy (non-hydrogen) atoms. The highest BCUT2D eigenvalue weighted by atomic mass is 19.1. The molecule has 0 aliphatic rings. The summed E-state index contributed by atoms with van der Waals surface area (Å²) in [7, 11) is 0. The van der Waals surface area contributed by atoms with E-state index >= 15 is 0 Å².